The first-order valence-electron chi connectivity index (χ1n) is 6.39. The molecule has 1 rings (SSSR count). The molecule has 0 saturated carbocycles. The van der Waals surface area contributed by atoms with E-state index >= 15 is 0 Å². The maximum Gasteiger partial charge on any atom is 0.0405 e. The molecule has 17 heavy (non-hydrogen) atoms. The standard InChI is InChI=1S/C15H26N2/c1-11(2)13-9-7-8-12(3)14(13)17-10-15(4,5)16-6/h7-9,11,16-17H,10H2,1-6H3. The van der Waals surface area contributed by atoms with Crippen molar-refractivity contribution < 1.29 is 0 Å². The van der Waals surface area contributed by atoms with Gasteiger partial charge in [-0.15, -0.1) is 0 Å². The van der Waals surface area contributed by atoms with E-state index in [1.54, 1.807) is 0 Å². The van der Waals surface area contributed by atoms with Crippen molar-refractivity contribution in [3.63, 3.8) is 0 Å². The number of rotatable bonds is 5. The molecule has 0 bridgehead atoms. The summed E-state index contributed by atoms with van der Waals surface area (Å²) in [7, 11) is 2.00. The zero-order chi connectivity index (χ0) is 13.1. The van der Waals surface area contributed by atoms with Gasteiger partial charge in [-0.2, -0.15) is 0 Å². The minimum absolute atomic E-state index is 0.108. The van der Waals surface area contributed by atoms with Crippen LogP contribution in [0.5, 0.6) is 0 Å². The SMILES string of the molecule is CNC(C)(C)CNc1c(C)cccc1C(C)C. The normalized spacial score (nSPS) is 11.9. The number of hydrogen-bond acceptors (Lipinski definition) is 2. The summed E-state index contributed by atoms with van der Waals surface area (Å²) in [4.78, 5) is 0. The number of nitrogens with one attached hydrogen (secondary N) is 2. The summed E-state index contributed by atoms with van der Waals surface area (Å²) in [6, 6.07) is 6.52. The van der Waals surface area contributed by atoms with Gasteiger partial charge in [-0.3, -0.25) is 0 Å². The van der Waals surface area contributed by atoms with Crippen molar-refractivity contribution in [2.24, 2.45) is 0 Å². The molecule has 0 atom stereocenters. The van der Waals surface area contributed by atoms with E-state index in [2.05, 4.69) is 63.5 Å². The first-order valence-corrected chi connectivity index (χ1v) is 6.39. The van der Waals surface area contributed by atoms with Gasteiger partial charge in [0.1, 0.15) is 0 Å². The van der Waals surface area contributed by atoms with Crippen LogP contribution in [0, 0.1) is 6.92 Å². The Balaban J connectivity index is 2.90. The van der Waals surface area contributed by atoms with Crippen LogP contribution in [-0.2, 0) is 0 Å². The molecule has 0 saturated heterocycles. The number of hydrogen-bond donors (Lipinski definition) is 2. The lowest BCUT2D eigenvalue weighted by Crippen LogP contribution is -2.43. The molecule has 0 aliphatic heterocycles. The molecule has 0 radical (unpaired) electrons. The summed E-state index contributed by atoms with van der Waals surface area (Å²) in [6.07, 6.45) is 0. The second kappa shape index (κ2) is 5.54. The van der Waals surface area contributed by atoms with Crippen LogP contribution in [0.15, 0.2) is 18.2 Å². The van der Waals surface area contributed by atoms with Crippen molar-refractivity contribution in [1.82, 2.24) is 5.32 Å². The van der Waals surface area contributed by atoms with Crippen molar-refractivity contribution >= 4 is 5.69 Å². The highest BCUT2D eigenvalue weighted by Crippen LogP contribution is 2.27. The third-order valence-corrected chi connectivity index (χ3v) is 3.31. The Kier molecular flexibility index (Phi) is 4.58. The van der Waals surface area contributed by atoms with E-state index in [4.69, 9.17) is 0 Å². The minimum atomic E-state index is 0.108. The highest BCUT2D eigenvalue weighted by molar-refractivity contribution is 5.58. The van der Waals surface area contributed by atoms with E-state index in [1.165, 1.54) is 16.8 Å². The minimum Gasteiger partial charge on any atom is -0.383 e. The monoisotopic (exact) mass is 234 g/mol. The summed E-state index contributed by atoms with van der Waals surface area (Å²) in [5.41, 5.74) is 4.13. The van der Waals surface area contributed by atoms with Crippen LogP contribution in [-0.4, -0.2) is 19.1 Å². The van der Waals surface area contributed by atoms with Crippen LogP contribution in [0.25, 0.3) is 0 Å². The molecule has 2 nitrogen and oxygen atoms in total. The van der Waals surface area contributed by atoms with Crippen LogP contribution in [0.1, 0.15) is 44.7 Å². The quantitative estimate of drug-likeness (QED) is 0.814. The Morgan fingerprint density at radius 1 is 1.24 bits per heavy atom. The average molecular weight is 234 g/mol. The Morgan fingerprint density at radius 2 is 1.88 bits per heavy atom. The average Bonchev–Trinajstić information content (AvgIpc) is 2.27. The van der Waals surface area contributed by atoms with Crippen molar-refractivity contribution in [2.45, 2.75) is 46.1 Å². The lowest BCUT2D eigenvalue weighted by atomic mass is 9.97. The zero-order valence-corrected chi connectivity index (χ0v) is 12.0. The molecule has 0 unspecified atom stereocenters. The summed E-state index contributed by atoms with van der Waals surface area (Å²) in [5.74, 6) is 0.551. The molecule has 96 valence electrons. The van der Waals surface area contributed by atoms with Gasteiger partial charge in [0.05, 0.1) is 0 Å². The Labute approximate surface area is 106 Å². The van der Waals surface area contributed by atoms with Gasteiger partial charge in [0.2, 0.25) is 0 Å². The molecule has 0 spiro atoms. The predicted molar refractivity (Wildman–Crippen MR) is 76.9 cm³/mol. The molecule has 1 aromatic rings. The first-order chi connectivity index (χ1) is 7.87. The number of anilines is 1. The second-order valence-corrected chi connectivity index (χ2v) is 5.68. The molecule has 0 aliphatic rings. The molecule has 0 heterocycles. The maximum atomic E-state index is 3.59. The molecule has 0 fully saturated rings. The van der Waals surface area contributed by atoms with Crippen molar-refractivity contribution in [2.75, 3.05) is 18.9 Å². The van der Waals surface area contributed by atoms with E-state index < -0.39 is 0 Å². The zero-order valence-electron chi connectivity index (χ0n) is 12.0. The summed E-state index contributed by atoms with van der Waals surface area (Å²) >= 11 is 0. The van der Waals surface area contributed by atoms with Crippen LogP contribution >= 0.6 is 0 Å². The fraction of sp³-hybridized carbons (Fsp3) is 0.600. The van der Waals surface area contributed by atoms with Gasteiger partial charge >= 0.3 is 0 Å². The smallest absolute Gasteiger partial charge is 0.0405 e. The molecule has 2 N–H and O–H groups in total. The van der Waals surface area contributed by atoms with Crippen molar-refractivity contribution in [1.29, 1.82) is 0 Å². The topological polar surface area (TPSA) is 24.1 Å². The molecule has 0 amide bonds. The van der Waals surface area contributed by atoms with Crippen molar-refractivity contribution in [3.8, 4) is 0 Å². The van der Waals surface area contributed by atoms with Gasteiger partial charge in [0.25, 0.3) is 0 Å². The third kappa shape index (κ3) is 3.74. The molecular weight excluding hydrogens is 208 g/mol. The van der Waals surface area contributed by atoms with Gasteiger partial charge < -0.3 is 10.6 Å². The van der Waals surface area contributed by atoms with E-state index in [9.17, 15) is 0 Å². The van der Waals surface area contributed by atoms with Crippen LogP contribution in [0.3, 0.4) is 0 Å². The highest BCUT2D eigenvalue weighted by atomic mass is 15.0. The van der Waals surface area contributed by atoms with Crippen molar-refractivity contribution in [3.05, 3.63) is 29.3 Å². The Hall–Kier alpha value is -1.02. The lowest BCUT2D eigenvalue weighted by molar-refractivity contribution is 0.448. The highest BCUT2D eigenvalue weighted by Gasteiger charge is 2.16. The first kappa shape index (κ1) is 14.0. The van der Waals surface area contributed by atoms with Crippen LogP contribution < -0.4 is 10.6 Å². The van der Waals surface area contributed by atoms with E-state index in [1.807, 2.05) is 7.05 Å². The maximum absolute atomic E-state index is 3.59. The van der Waals surface area contributed by atoms with Crippen LogP contribution in [0.4, 0.5) is 5.69 Å². The largest absolute Gasteiger partial charge is 0.383 e. The van der Waals surface area contributed by atoms with Gasteiger partial charge in [-0.1, -0.05) is 32.0 Å². The van der Waals surface area contributed by atoms with E-state index in [0.717, 1.165) is 6.54 Å². The van der Waals surface area contributed by atoms with Gasteiger partial charge in [-0.05, 0) is 44.9 Å². The second-order valence-electron chi connectivity index (χ2n) is 5.68. The molecule has 0 aromatic heterocycles. The predicted octanol–water partition coefficient (Wildman–Crippen LogP) is 3.53. The molecule has 1 aromatic carbocycles. The number of benzene rings is 1. The van der Waals surface area contributed by atoms with Gasteiger partial charge in [-0.25, -0.2) is 0 Å². The Bertz CT molecular complexity index is 367. The molecular formula is C15H26N2. The molecule has 2 heteroatoms. The van der Waals surface area contributed by atoms with Crippen LogP contribution in [0.2, 0.25) is 0 Å². The lowest BCUT2D eigenvalue weighted by Gasteiger charge is -2.27. The fourth-order valence-electron chi connectivity index (χ4n) is 1.81. The summed E-state index contributed by atoms with van der Waals surface area (Å²) in [6.45, 7) is 12.0. The summed E-state index contributed by atoms with van der Waals surface area (Å²) in [5, 5.41) is 6.91. The van der Waals surface area contributed by atoms with Gasteiger partial charge in [0.15, 0.2) is 0 Å². The Morgan fingerprint density at radius 3 is 2.41 bits per heavy atom. The fourth-order valence-corrected chi connectivity index (χ4v) is 1.81. The van der Waals surface area contributed by atoms with Gasteiger partial charge in [0, 0.05) is 17.8 Å². The van der Waals surface area contributed by atoms with E-state index in [0.29, 0.717) is 5.92 Å². The van der Waals surface area contributed by atoms with E-state index in [-0.39, 0.29) is 5.54 Å². The third-order valence-electron chi connectivity index (χ3n) is 3.31. The number of likely N-dealkylation sites (N-methyl/N-ethyl adjacent to an activating group) is 1. The molecule has 0 aliphatic carbocycles. The number of para-hydroxylation sites is 1. The number of aryl methyl sites for hydroxylation is 1. The summed E-state index contributed by atoms with van der Waals surface area (Å²) < 4.78 is 0.